The van der Waals surface area contributed by atoms with E-state index >= 15 is 0 Å². The standard InChI is InChI=1S/C17H23NO3/c1-10(14-2-3-15(21-14)16(19)20)18-17-7-11-4-12(8-17)6-13(5-11)9-17/h2-3,10-13,18H,4-9H2,1H3,(H,19,20). The Morgan fingerprint density at radius 3 is 2.29 bits per heavy atom. The van der Waals surface area contributed by atoms with Crippen molar-refractivity contribution < 1.29 is 14.3 Å². The highest BCUT2D eigenvalue weighted by molar-refractivity contribution is 5.84. The van der Waals surface area contributed by atoms with Crippen LogP contribution < -0.4 is 5.32 Å². The summed E-state index contributed by atoms with van der Waals surface area (Å²) in [6, 6.07) is 3.42. The van der Waals surface area contributed by atoms with Crippen LogP contribution in [-0.4, -0.2) is 16.6 Å². The fourth-order valence-electron chi connectivity index (χ4n) is 5.52. The number of aromatic carboxylic acids is 1. The number of carbonyl (C=O) groups is 1. The molecular weight excluding hydrogens is 266 g/mol. The van der Waals surface area contributed by atoms with Crippen molar-refractivity contribution in [2.24, 2.45) is 17.8 Å². The van der Waals surface area contributed by atoms with Crippen LogP contribution >= 0.6 is 0 Å². The lowest BCUT2D eigenvalue weighted by Gasteiger charge is -2.57. The number of carboxylic acids is 1. The predicted octanol–water partition coefficient (Wildman–Crippen LogP) is 3.60. The van der Waals surface area contributed by atoms with Crippen LogP contribution in [-0.2, 0) is 0 Å². The van der Waals surface area contributed by atoms with Gasteiger partial charge in [-0.25, -0.2) is 4.79 Å². The van der Waals surface area contributed by atoms with Crippen molar-refractivity contribution in [3.05, 3.63) is 23.7 Å². The molecule has 1 atom stereocenters. The van der Waals surface area contributed by atoms with Gasteiger partial charge in [-0.3, -0.25) is 0 Å². The van der Waals surface area contributed by atoms with Crippen LogP contribution in [0.2, 0.25) is 0 Å². The molecule has 0 aromatic carbocycles. The summed E-state index contributed by atoms with van der Waals surface area (Å²) in [4.78, 5) is 10.9. The van der Waals surface area contributed by atoms with Crippen molar-refractivity contribution in [2.45, 2.75) is 57.0 Å². The maximum absolute atomic E-state index is 10.9. The second-order valence-electron chi connectivity index (χ2n) is 7.57. The van der Waals surface area contributed by atoms with Crippen molar-refractivity contribution in [2.75, 3.05) is 0 Å². The molecule has 2 N–H and O–H groups in total. The Morgan fingerprint density at radius 2 is 1.81 bits per heavy atom. The summed E-state index contributed by atoms with van der Waals surface area (Å²) in [6.45, 7) is 2.09. The first-order valence-electron chi connectivity index (χ1n) is 8.14. The normalized spacial score (nSPS) is 38.6. The minimum Gasteiger partial charge on any atom is -0.475 e. The van der Waals surface area contributed by atoms with Gasteiger partial charge in [0, 0.05) is 5.54 Å². The van der Waals surface area contributed by atoms with Gasteiger partial charge in [-0.05, 0) is 75.3 Å². The molecule has 0 saturated heterocycles. The van der Waals surface area contributed by atoms with Crippen LogP contribution in [0.1, 0.15) is 67.8 Å². The number of rotatable bonds is 4. The fourth-order valence-corrected chi connectivity index (χ4v) is 5.52. The molecule has 4 bridgehead atoms. The quantitative estimate of drug-likeness (QED) is 0.889. The average Bonchev–Trinajstić information content (AvgIpc) is 2.85. The lowest BCUT2D eigenvalue weighted by atomic mass is 9.53. The first kappa shape index (κ1) is 13.4. The first-order chi connectivity index (χ1) is 10.0. The molecular formula is C17H23NO3. The summed E-state index contributed by atoms with van der Waals surface area (Å²) in [6.07, 6.45) is 8.15. The lowest BCUT2D eigenvalue weighted by Crippen LogP contribution is -2.58. The van der Waals surface area contributed by atoms with Crippen molar-refractivity contribution in [3.8, 4) is 0 Å². The van der Waals surface area contributed by atoms with Crippen molar-refractivity contribution in [3.63, 3.8) is 0 Å². The molecule has 4 saturated carbocycles. The summed E-state index contributed by atoms with van der Waals surface area (Å²) in [5.74, 6) is 2.49. The van der Waals surface area contributed by atoms with E-state index in [0.29, 0.717) is 0 Å². The highest BCUT2D eigenvalue weighted by atomic mass is 16.4. The topological polar surface area (TPSA) is 62.5 Å². The Kier molecular flexibility index (Phi) is 2.93. The molecule has 5 rings (SSSR count). The van der Waals surface area contributed by atoms with Crippen LogP contribution in [0.4, 0.5) is 0 Å². The van der Waals surface area contributed by atoms with Crippen LogP contribution in [0.3, 0.4) is 0 Å². The maximum Gasteiger partial charge on any atom is 0.371 e. The van der Waals surface area contributed by atoms with E-state index < -0.39 is 5.97 Å². The van der Waals surface area contributed by atoms with Gasteiger partial charge in [0.15, 0.2) is 0 Å². The molecule has 1 unspecified atom stereocenters. The average molecular weight is 289 g/mol. The third-order valence-corrected chi connectivity index (χ3v) is 5.83. The van der Waals surface area contributed by atoms with Gasteiger partial charge in [0.1, 0.15) is 5.76 Å². The molecule has 21 heavy (non-hydrogen) atoms. The second-order valence-corrected chi connectivity index (χ2v) is 7.57. The molecule has 1 aromatic heterocycles. The zero-order valence-corrected chi connectivity index (χ0v) is 12.5. The van der Waals surface area contributed by atoms with Crippen molar-refractivity contribution >= 4 is 5.97 Å². The minimum absolute atomic E-state index is 0.0316. The van der Waals surface area contributed by atoms with Gasteiger partial charge in [-0.1, -0.05) is 0 Å². The van der Waals surface area contributed by atoms with E-state index in [1.54, 1.807) is 12.1 Å². The lowest BCUT2D eigenvalue weighted by molar-refractivity contribution is -0.0256. The molecule has 0 radical (unpaired) electrons. The third-order valence-electron chi connectivity index (χ3n) is 5.83. The largest absolute Gasteiger partial charge is 0.475 e. The van der Waals surface area contributed by atoms with Gasteiger partial charge in [0.2, 0.25) is 5.76 Å². The Labute approximate surface area is 124 Å². The zero-order valence-electron chi connectivity index (χ0n) is 12.5. The molecule has 114 valence electrons. The molecule has 0 spiro atoms. The highest BCUT2D eigenvalue weighted by Gasteiger charge is 2.51. The Balaban J connectivity index is 1.51. The van der Waals surface area contributed by atoms with Gasteiger partial charge in [-0.2, -0.15) is 0 Å². The maximum atomic E-state index is 10.9. The number of furan rings is 1. The van der Waals surface area contributed by atoms with E-state index in [-0.39, 0.29) is 17.3 Å². The summed E-state index contributed by atoms with van der Waals surface area (Å²) in [7, 11) is 0. The van der Waals surface area contributed by atoms with E-state index in [4.69, 9.17) is 9.52 Å². The van der Waals surface area contributed by atoms with Crippen LogP contribution in [0.25, 0.3) is 0 Å². The minimum atomic E-state index is -0.997. The van der Waals surface area contributed by atoms with Crippen LogP contribution in [0.15, 0.2) is 16.5 Å². The Bertz CT molecular complexity index is 527. The van der Waals surface area contributed by atoms with Crippen LogP contribution in [0.5, 0.6) is 0 Å². The molecule has 0 aliphatic heterocycles. The van der Waals surface area contributed by atoms with Crippen molar-refractivity contribution in [1.29, 1.82) is 0 Å². The van der Waals surface area contributed by atoms with Crippen molar-refractivity contribution in [1.82, 2.24) is 5.32 Å². The monoisotopic (exact) mass is 289 g/mol. The van der Waals surface area contributed by atoms with Crippen LogP contribution in [0, 0.1) is 17.8 Å². The summed E-state index contributed by atoms with van der Waals surface area (Å²) < 4.78 is 5.46. The number of hydrogen-bond acceptors (Lipinski definition) is 3. The van der Waals surface area contributed by atoms with E-state index in [9.17, 15) is 4.79 Å². The highest BCUT2D eigenvalue weighted by Crippen LogP contribution is 2.56. The van der Waals surface area contributed by atoms with Gasteiger partial charge in [0.25, 0.3) is 0 Å². The summed E-state index contributed by atoms with van der Waals surface area (Å²) >= 11 is 0. The SMILES string of the molecule is CC(NC12CC3CC(CC(C3)C1)C2)c1ccc(C(=O)O)o1. The zero-order chi connectivity index (χ0) is 14.6. The molecule has 4 fully saturated rings. The second kappa shape index (κ2) is 4.60. The number of carboxylic acid groups (broad SMARTS) is 1. The smallest absolute Gasteiger partial charge is 0.371 e. The van der Waals surface area contributed by atoms with E-state index in [0.717, 1.165) is 23.5 Å². The van der Waals surface area contributed by atoms with Gasteiger partial charge in [0.05, 0.1) is 6.04 Å². The van der Waals surface area contributed by atoms with E-state index in [1.807, 2.05) is 0 Å². The first-order valence-corrected chi connectivity index (χ1v) is 8.14. The fraction of sp³-hybridized carbons (Fsp3) is 0.706. The molecule has 0 amide bonds. The molecule has 4 nitrogen and oxygen atoms in total. The van der Waals surface area contributed by atoms with Gasteiger partial charge < -0.3 is 14.8 Å². The molecule has 1 heterocycles. The third kappa shape index (κ3) is 2.30. The Morgan fingerprint density at radius 1 is 1.24 bits per heavy atom. The van der Waals surface area contributed by atoms with Gasteiger partial charge in [-0.15, -0.1) is 0 Å². The molecule has 4 heteroatoms. The van der Waals surface area contributed by atoms with E-state index in [2.05, 4.69) is 12.2 Å². The molecule has 4 aliphatic carbocycles. The summed E-state index contributed by atoms with van der Waals surface area (Å²) in [5.41, 5.74) is 0.268. The molecule has 1 aromatic rings. The number of hydrogen-bond donors (Lipinski definition) is 2. The Hall–Kier alpha value is -1.29. The summed E-state index contributed by atoms with van der Waals surface area (Å²) in [5, 5.41) is 12.8. The van der Waals surface area contributed by atoms with Gasteiger partial charge >= 0.3 is 5.97 Å². The molecule has 4 aliphatic rings. The van der Waals surface area contributed by atoms with E-state index in [1.165, 1.54) is 38.5 Å². The predicted molar refractivity (Wildman–Crippen MR) is 78.1 cm³/mol. The number of nitrogens with one attached hydrogen (secondary N) is 1.